The van der Waals surface area contributed by atoms with Crippen molar-refractivity contribution in [3.05, 3.63) is 0 Å². The second-order valence-electron chi connectivity index (χ2n) is 15.0. The highest BCUT2D eigenvalue weighted by atomic mass is 28.4. The van der Waals surface area contributed by atoms with Gasteiger partial charge in [0.15, 0.2) is 0 Å². The SMILES string of the molecule is C1COC(CO[Si](OCC2CCCO2)(OCC2CCCO2)OCC2CCCO2)C1.C[Si](OCC1CCCO1)(OCC1CCCO1)OCC1CCCO1. The number of hydrogen-bond donors (Lipinski definition) is 0. The summed E-state index contributed by atoms with van der Waals surface area (Å²) in [5.41, 5.74) is 0. The van der Waals surface area contributed by atoms with Gasteiger partial charge in [-0.15, -0.1) is 0 Å². The lowest BCUT2D eigenvalue weighted by Crippen LogP contribution is -2.53. The molecule has 7 aliphatic rings. The highest BCUT2D eigenvalue weighted by molar-refractivity contribution is 6.59. The van der Waals surface area contributed by atoms with Crippen LogP contribution < -0.4 is 0 Å². The molecule has 0 amide bonds. The monoisotopic (exact) mass is 778 g/mol. The molecule has 302 valence electrons. The minimum Gasteiger partial charge on any atom is -0.376 e. The molecule has 16 heteroatoms. The van der Waals surface area contributed by atoms with E-state index in [0.29, 0.717) is 46.2 Å². The minimum absolute atomic E-state index is 0.0749. The zero-order chi connectivity index (χ0) is 35.7. The summed E-state index contributed by atoms with van der Waals surface area (Å²) in [5, 5.41) is 0. The predicted octanol–water partition coefficient (Wildman–Crippen LogP) is 4.35. The summed E-state index contributed by atoms with van der Waals surface area (Å²) in [7, 11) is -6.08. The Labute approximate surface area is 313 Å². The van der Waals surface area contributed by atoms with Gasteiger partial charge in [-0.2, -0.15) is 0 Å². The maximum Gasteiger partial charge on any atom is 0.680 e. The Morgan fingerprint density at radius 3 is 0.692 bits per heavy atom. The summed E-state index contributed by atoms with van der Waals surface area (Å²) in [4.78, 5) is 0. The maximum atomic E-state index is 6.27. The predicted molar refractivity (Wildman–Crippen MR) is 192 cm³/mol. The van der Waals surface area contributed by atoms with Gasteiger partial charge in [0, 0.05) is 52.8 Å². The molecule has 7 rings (SSSR count). The van der Waals surface area contributed by atoms with Gasteiger partial charge < -0.3 is 64.1 Å². The van der Waals surface area contributed by atoms with Gasteiger partial charge in [0.1, 0.15) is 0 Å². The summed E-state index contributed by atoms with van der Waals surface area (Å²) < 4.78 is 83.2. The number of ether oxygens (including phenoxy) is 7. The molecule has 52 heavy (non-hydrogen) atoms. The van der Waals surface area contributed by atoms with Crippen molar-refractivity contribution in [2.75, 3.05) is 92.5 Å². The van der Waals surface area contributed by atoms with Crippen LogP contribution in [0.15, 0.2) is 0 Å². The van der Waals surface area contributed by atoms with E-state index in [-0.39, 0.29) is 42.7 Å². The Hall–Kier alpha value is -0.126. The standard InChI is InChI=1S/C20H36O8Si.C16H30O6Si/c1-5-17(21-9-1)13-25-29(26-14-18-6-2-10-22-18,27-15-19-7-3-11-23-19)28-16-20-8-4-12-24-20;1-23(20-11-14-5-2-8-17-14,21-12-15-6-3-9-18-15)22-13-16-7-4-10-19-16/h17-20H,1-16H2;14-16H,2-13H2,1H3. The molecule has 7 aliphatic heterocycles. The number of rotatable bonds is 21. The zero-order valence-corrected chi connectivity index (χ0v) is 33.6. The third-order valence-corrected chi connectivity index (χ3v) is 14.7. The molecule has 14 nitrogen and oxygen atoms in total. The molecule has 7 atom stereocenters. The molecular formula is C36H66O14Si2. The van der Waals surface area contributed by atoms with Crippen LogP contribution in [0.1, 0.15) is 89.9 Å². The highest BCUT2D eigenvalue weighted by Crippen LogP contribution is 2.25. The Bertz CT molecular complexity index is 808. The van der Waals surface area contributed by atoms with E-state index in [0.717, 1.165) is 136 Å². The fourth-order valence-corrected chi connectivity index (χ4v) is 11.1. The molecule has 0 spiro atoms. The van der Waals surface area contributed by atoms with E-state index in [1.165, 1.54) is 0 Å². The van der Waals surface area contributed by atoms with E-state index >= 15 is 0 Å². The van der Waals surface area contributed by atoms with Crippen LogP contribution in [-0.4, -0.2) is 153 Å². The molecule has 0 N–H and O–H groups in total. The Morgan fingerprint density at radius 2 is 0.519 bits per heavy atom. The third-order valence-electron chi connectivity index (χ3n) is 10.5. The molecule has 0 saturated carbocycles. The molecule has 0 aromatic carbocycles. The van der Waals surface area contributed by atoms with Crippen LogP contribution in [0.3, 0.4) is 0 Å². The van der Waals surface area contributed by atoms with E-state index in [4.69, 9.17) is 64.1 Å². The van der Waals surface area contributed by atoms with Crippen molar-refractivity contribution in [2.45, 2.75) is 139 Å². The van der Waals surface area contributed by atoms with Crippen molar-refractivity contribution < 1.29 is 64.1 Å². The first kappa shape index (κ1) is 41.5. The summed E-state index contributed by atoms with van der Waals surface area (Å²) in [6.45, 7) is 11.0. The maximum absolute atomic E-state index is 6.27. The first-order valence-corrected chi connectivity index (χ1v) is 24.2. The van der Waals surface area contributed by atoms with E-state index in [1.807, 2.05) is 6.55 Å². The van der Waals surface area contributed by atoms with E-state index in [9.17, 15) is 0 Å². The lowest BCUT2D eigenvalue weighted by molar-refractivity contribution is -0.0910. The van der Waals surface area contributed by atoms with Crippen LogP contribution in [0.5, 0.6) is 0 Å². The molecular weight excluding hydrogens is 713 g/mol. The normalized spacial score (nSPS) is 34.4. The minimum atomic E-state index is -3.39. The van der Waals surface area contributed by atoms with E-state index in [2.05, 4.69) is 0 Å². The van der Waals surface area contributed by atoms with Crippen molar-refractivity contribution in [2.24, 2.45) is 0 Å². The van der Waals surface area contributed by atoms with Crippen molar-refractivity contribution >= 4 is 17.9 Å². The average Bonchev–Trinajstić information content (AvgIpc) is 4.00. The molecule has 0 aliphatic carbocycles. The first-order chi connectivity index (χ1) is 25.5. The van der Waals surface area contributed by atoms with Gasteiger partial charge in [-0.05, 0) is 89.9 Å². The van der Waals surface area contributed by atoms with Crippen molar-refractivity contribution in [3.63, 3.8) is 0 Å². The molecule has 0 radical (unpaired) electrons. The summed E-state index contributed by atoms with van der Waals surface area (Å²) in [6.07, 6.45) is 15.6. The second kappa shape index (κ2) is 22.6. The average molecular weight is 779 g/mol. The molecule has 0 aromatic heterocycles. The van der Waals surface area contributed by atoms with Gasteiger partial charge >= 0.3 is 17.9 Å². The molecule has 7 fully saturated rings. The second-order valence-corrected chi connectivity index (χ2v) is 19.7. The summed E-state index contributed by atoms with van der Waals surface area (Å²) in [5.74, 6) is 0. The van der Waals surface area contributed by atoms with Crippen LogP contribution in [0, 0.1) is 0 Å². The van der Waals surface area contributed by atoms with Crippen LogP contribution in [-0.2, 0) is 64.1 Å². The molecule has 7 heterocycles. The Balaban J connectivity index is 0.000000183. The van der Waals surface area contributed by atoms with Gasteiger partial charge in [-0.1, -0.05) is 0 Å². The van der Waals surface area contributed by atoms with Gasteiger partial charge in [0.2, 0.25) is 0 Å². The van der Waals surface area contributed by atoms with E-state index < -0.39 is 17.9 Å². The fraction of sp³-hybridized carbons (Fsp3) is 1.00. The smallest absolute Gasteiger partial charge is 0.376 e. The van der Waals surface area contributed by atoms with Crippen LogP contribution in [0.2, 0.25) is 6.55 Å². The lowest BCUT2D eigenvalue weighted by atomic mass is 10.2. The first-order valence-electron chi connectivity index (χ1n) is 20.3. The number of hydrogen-bond acceptors (Lipinski definition) is 14. The zero-order valence-electron chi connectivity index (χ0n) is 31.6. The Morgan fingerprint density at radius 1 is 0.327 bits per heavy atom. The van der Waals surface area contributed by atoms with E-state index in [1.54, 1.807) is 0 Å². The van der Waals surface area contributed by atoms with Gasteiger partial charge in [0.05, 0.1) is 89.0 Å². The van der Waals surface area contributed by atoms with Crippen LogP contribution in [0.4, 0.5) is 0 Å². The summed E-state index contributed by atoms with van der Waals surface area (Å²) in [6, 6.07) is 0. The molecule has 0 aromatic rings. The largest absolute Gasteiger partial charge is 0.680 e. The quantitative estimate of drug-likeness (QED) is 0.153. The van der Waals surface area contributed by atoms with Gasteiger partial charge in [-0.25, -0.2) is 0 Å². The molecule has 7 saturated heterocycles. The van der Waals surface area contributed by atoms with Crippen molar-refractivity contribution in [3.8, 4) is 0 Å². The highest BCUT2D eigenvalue weighted by Gasteiger charge is 2.49. The van der Waals surface area contributed by atoms with Crippen molar-refractivity contribution in [1.82, 2.24) is 0 Å². The summed E-state index contributed by atoms with van der Waals surface area (Å²) >= 11 is 0. The van der Waals surface area contributed by atoms with Gasteiger partial charge in [-0.3, -0.25) is 0 Å². The fourth-order valence-electron chi connectivity index (χ4n) is 7.32. The molecule has 7 unspecified atom stereocenters. The topological polar surface area (TPSA) is 129 Å². The Kier molecular flexibility index (Phi) is 18.0. The molecule has 0 bridgehead atoms. The van der Waals surface area contributed by atoms with Crippen LogP contribution >= 0.6 is 0 Å². The van der Waals surface area contributed by atoms with Gasteiger partial charge in [0.25, 0.3) is 0 Å². The van der Waals surface area contributed by atoms with Crippen LogP contribution in [0.25, 0.3) is 0 Å². The van der Waals surface area contributed by atoms with Crippen molar-refractivity contribution in [1.29, 1.82) is 0 Å². The lowest BCUT2D eigenvalue weighted by Gasteiger charge is -2.31. The third kappa shape index (κ3) is 14.4.